The molecule has 0 saturated carbocycles. The van der Waals surface area contributed by atoms with Crippen molar-refractivity contribution in [1.29, 1.82) is 0 Å². The molecule has 0 spiro atoms. The minimum absolute atomic E-state index is 0.393. The van der Waals surface area contributed by atoms with Crippen molar-refractivity contribution in [3.63, 3.8) is 0 Å². The average Bonchev–Trinajstić information content (AvgIpc) is 2.14. The molecule has 0 saturated heterocycles. The number of rotatable bonds is 7. The lowest BCUT2D eigenvalue weighted by Gasteiger charge is -2.14. The Morgan fingerprint density at radius 1 is 1.38 bits per heavy atom. The standard InChI is InChI=1S/C11H21NO/c1-4-7-8-11(12-6-3)10-13-9-5-2/h11-12H,5-6,8-10H2,1-3H3. The van der Waals surface area contributed by atoms with E-state index < -0.39 is 0 Å². The molecule has 1 unspecified atom stereocenters. The van der Waals surface area contributed by atoms with Crippen LogP contribution in [0.15, 0.2) is 0 Å². The van der Waals surface area contributed by atoms with Crippen LogP contribution in [0.3, 0.4) is 0 Å². The summed E-state index contributed by atoms with van der Waals surface area (Å²) in [7, 11) is 0. The second kappa shape index (κ2) is 9.57. The summed E-state index contributed by atoms with van der Waals surface area (Å²) in [5.41, 5.74) is 0. The summed E-state index contributed by atoms with van der Waals surface area (Å²) in [4.78, 5) is 0. The van der Waals surface area contributed by atoms with Crippen molar-refractivity contribution in [2.24, 2.45) is 0 Å². The minimum atomic E-state index is 0.393. The predicted octanol–water partition coefficient (Wildman–Crippen LogP) is 1.80. The van der Waals surface area contributed by atoms with Gasteiger partial charge in [0, 0.05) is 19.1 Å². The van der Waals surface area contributed by atoms with E-state index in [0.29, 0.717) is 6.04 Å². The molecule has 76 valence electrons. The molecule has 0 aromatic rings. The quantitative estimate of drug-likeness (QED) is 0.480. The van der Waals surface area contributed by atoms with Gasteiger partial charge >= 0.3 is 0 Å². The van der Waals surface area contributed by atoms with E-state index in [9.17, 15) is 0 Å². The third-order valence-corrected chi connectivity index (χ3v) is 1.69. The summed E-state index contributed by atoms with van der Waals surface area (Å²) in [5, 5.41) is 3.35. The highest BCUT2D eigenvalue weighted by molar-refractivity contribution is 4.98. The maximum absolute atomic E-state index is 5.46. The molecule has 0 bridgehead atoms. The lowest BCUT2D eigenvalue weighted by atomic mass is 10.2. The maximum Gasteiger partial charge on any atom is 0.0628 e. The molecule has 0 aliphatic heterocycles. The van der Waals surface area contributed by atoms with Gasteiger partial charge in [0.2, 0.25) is 0 Å². The van der Waals surface area contributed by atoms with Crippen molar-refractivity contribution in [1.82, 2.24) is 5.32 Å². The number of hydrogen-bond acceptors (Lipinski definition) is 2. The fraction of sp³-hybridized carbons (Fsp3) is 0.818. The third kappa shape index (κ3) is 7.83. The van der Waals surface area contributed by atoms with E-state index in [2.05, 4.69) is 31.0 Å². The highest BCUT2D eigenvalue weighted by atomic mass is 16.5. The van der Waals surface area contributed by atoms with Gasteiger partial charge in [-0.3, -0.25) is 0 Å². The van der Waals surface area contributed by atoms with Gasteiger partial charge in [0.1, 0.15) is 0 Å². The molecule has 0 aromatic heterocycles. The molecule has 2 nitrogen and oxygen atoms in total. The van der Waals surface area contributed by atoms with Crippen LogP contribution in [0.1, 0.15) is 33.6 Å². The Hall–Kier alpha value is -0.520. The lowest BCUT2D eigenvalue weighted by Crippen LogP contribution is -2.33. The Morgan fingerprint density at radius 2 is 2.15 bits per heavy atom. The van der Waals surface area contributed by atoms with Crippen LogP contribution in [-0.2, 0) is 4.74 Å². The summed E-state index contributed by atoms with van der Waals surface area (Å²) < 4.78 is 5.46. The van der Waals surface area contributed by atoms with Crippen LogP contribution >= 0.6 is 0 Å². The van der Waals surface area contributed by atoms with Crippen molar-refractivity contribution in [3.8, 4) is 11.8 Å². The Morgan fingerprint density at radius 3 is 2.69 bits per heavy atom. The van der Waals surface area contributed by atoms with Crippen LogP contribution in [0.2, 0.25) is 0 Å². The summed E-state index contributed by atoms with van der Waals surface area (Å²) in [6.45, 7) is 8.69. The van der Waals surface area contributed by atoms with Crippen molar-refractivity contribution < 1.29 is 4.74 Å². The van der Waals surface area contributed by atoms with Crippen LogP contribution in [0.5, 0.6) is 0 Å². The van der Waals surface area contributed by atoms with Crippen molar-refractivity contribution in [2.45, 2.75) is 39.7 Å². The largest absolute Gasteiger partial charge is 0.380 e. The van der Waals surface area contributed by atoms with E-state index in [1.807, 2.05) is 6.92 Å². The van der Waals surface area contributed by atoms with Gasteiger partial charge in [-0.15, -0.1) is 11.8 Å². The summed E-state index contributed by atoms with van der Waals surface area (Å²) in [6.07, 6.45) is 1.96. The monoisotopic (exact) mass is 183 g/mol. The van der Waals surface area contributed by atoms with E-state index in [4.69, 9.17) is 4.74 Å². The predicted molar refractivity (Wildman–Crippen MR) is 56.6 cm³/mol. The van der Waals surface area contributed by atoms with Crippen LogP contribution in [0.25, 0.3) is 0 Å². The minimum Gasteiger partial charge on any atom is -0.380 e. The molecule has 1 N–H and O–H groups in total. The fourth-order valence-electron chi connectivity index (χ4n) is 1.07. The molecular formula is C11H21NO. The zero-order chi connectivity index (χ0) is 9.94. The van der Waals surface area contributed by atoms with E-state index in [-0.39, 0.29) is 0 Å². The Balaban J connectivity index is 3.57. The zero-order valence-corrected chi connectivity index (χ0v) is 9.02. The van der Waals surface area contributed by atoms with Crippen molar-refractivity contribution in [3.05, 3.63) is 0 Å². The molecule has 1 atom stereocenters. The maximum atomic E-state index is 5.46. The molecule has 0 aliphatic carbocycles. The molecule has 0 rings (SSSR count). The summed E-state index contributed by atoms with van der Waals surface area (Å²) in [5.74, 6) is 5.97. The van der Waals surface area contributed by atoms with Gasteiger partial charge in [-0.05, 0) is 19.9 Å². The Labute approximate surface area is 82.1 Å². The average molecular weight is 183 g/mol. The fourth-order valence-corrected chi connectivity index (χ4v) is 1.07. The van der Waals surface area contributed by atoms with Gasteiger partial charge in [-0.2, -0.15) is 0 Å². The van der Waals surface area contributed by atoms with Gasteiger partial charge in [0.25, 0.3) is 0 Å². The lowest BCUT2D eigenvalue weighted by molar-refractivity contribution is 0.113. The molecule has 0 amide bonds. The molecule has 0 radical (unpaired) electrons. The molecule has 0 aliphatic rings. The first kappa shape index (κ1) is 12.5. The molecule has 2 heteroatoms. The first-order chi connectivity index (χ1) is 6.35. The number of hydrogen-bond donors (Lipinski definition) is 1. The topological polar surface area (TPSA) is 21.3 Å². The summed E-state index contributed by atoms with van der Waals surface area (Å²) in [6, 6.07) is 0.393. The second-order valence-corrected chi connectivity index (χ2v) is 2.96. The van der Waals surface area contributed by atoms with Gasteiger partial charge in [-0.1, -0.05) is 13.8 Å². The van der Waals surface area contributed by atoms with E-state index in [0.717, 1.165) is 32.6 Å². The highest BCUT2D eigenvalue weighted by Gasteiger charge is 2.04. The molecular weight excluding hydrogens is 162 g/mol. The summed E-state index contributed by atoms with van der Waals surface area (Å²) >= 11 is 0. The van der Waals surface area contributed by atoms with Gasteiger partial charge in [0.05, 0.1) is 6.61 Å². The van der Waals surface area contributed by atoms with Crippen LogP contribution < -0.4 is 5.32 Å². The SMILES string of the molecule is CC#CCC(COCCC)NCC. The van der Waals surface area contributed by atoms with Gasteiger partial charge < -0.3 is 10.1 Å². The van der Waals surface area contributed by atoms with Crippen LogP contribution in [0, 0.1) is 11.8 Å². The molecule has 0 aromatic carbocycles. The first-order valence-electron chi connectivity index (χ1n) is 5.05. The van der Waals surface area contributed by atoms with Gasteiger partial charge in [-0.25, -0.2) is 0 Å². The van der Waals surface area contributed by atoms with Crippen LogP contribution in [0.4, 0.5) is 0 Å². The first-order valence-corrected chi connectivity index (χ1v) is 5.05. The smallest absolute Gasteiger partial charge is 0.0628 e. The third-order valence-electron chi connectivity index (χ3n) is 1.69. The highest BCUT2D eigenvalue weighted by Crippen LogP contribution is 1.93. The van der Waals surface area contributed by atoms with Crippen LogP contribution in [-0.4, -0.2) is 25.8 Å². The van der Waals surface area contributed by atoms with E-state index in [1.165, 1.54) is 0 Å². The molecule has 13 heavy (non-hydrogen) atoms. The normalized spacial score (nSPS) is 11.9. The Bertz CT molecular complexity index is 157. The molecule has 0 heterocycles. The van der Waals surface area contributed by atoms with Crippen molar-refractivity contribution in [2.75, 3.05) is 19.8 Å². The molecule has 0 fully saturated rings. The van der Waals surface area contributed by atoms with E-state index >= 15 is 0 Å². The Kier molecular flexibility index (Phi) is 9.18. The van der Waals surface area contributed by atoms with Crippen molar-refractivity contribution >= 4 is 0 Å². The zero-order valence-electron chi connectivity index (χ0n) is 9.02. The number of ether oxygens (including phenoxy) is 1. The van der Waals surface area contributed by atoms with Gasteiger partial charge in [0.15, 0.2) is 0 Å². The van der Waals surface area contributed by atoms with E-state index in [1.54, 1.807) is 0 Å². The number of nitrogens with one attached hydrogen (secondary N) is 1. The second-order valence-electron chi connectivity index (χ2n) is 2.96. The number of likely N-dealkylation sites (N-methyl/N-ethyl adjacent to an activating group) is 1.